The molecular formula is C47H33N3O. The van der Waals surface area contributed by atoms with E-state index in [2.05, 4.69) is 164 Å². The zero-order chi connectivity index (χ0) is 33.8. The average molecular weight is 656 g/mol. The van der Waals surface area contributed by atoms with E-state index >= 15 is 0 Å². The Morgan fingerprint density at radius 2 is 1.43 bits per heavy atom. The number of nitrogens with zero attached hydrogens (tertiary/aromatic N) is 3. The van der Waals surface area contributed by atoms with E-state index in [1.54, 1.807) is 0 Å². The van der Waals surface area contributed by atoms with Gasteiger partial charge in [-0.15, -0.1) is 0 Å². The second kappa shape index (κ2) is 10.4. The van der Waals surface area contributed by atoms with E-state index in [4.69, 9.17) is 14.4 Å². The Morgan fingerprint density at radius 3 is 2.37 bits per heavy atom. The molecule has 51 heavy (non-hydrogen) atoms. The first-order valence-corrected chi connectivity index (χ1v) is 17.8. The van der Waals surface area contributed by atoms with Crippen LogP contribution in [0.5, 0.6) is 0 Å². The third-order valence-electron chi connectivity index (χ3n) is 11.4. The van der Waals surface area contributed by atoms with Gasteiger partial charge in [-0.2, -0.15) is 0 Å². The molecule has 0 N–H and O–H groups in total. The summed E-state index contributed by atoms with van der Waals surface area (Å²) in [6.45, 7) is 4.68. The Kier molecular flexibility index (Phi) is 5.81. The number of allylic oxidation sites excluding steroid dienone is 8. The minimum Gasteiger partial charge on any atom is -0.439 e. The number of para-hydroxylation sites is 3. The van der Waals surface area contributed by atoms with Crippen molar-refractivity contribution in [2.24, 2.45) is 11.8 Å². The lowest BCUT2D eigenvalue weighted by molar-refractivity contribution is 0.612. The highest BCUT2D eigenvalue weighted by Gasteiger charge is 2.37. The maximum atomic E-state index is 6.62. The molecule has 0 amide bonds. The normalized spacial score (nSPS) is 18.4. The zero-order valence-corrected chi connectivity index (χ0v) is 28.3. The van der Waals surface area contributed by atoms with Crippen molar-refractivity contribution in [1.29, 1.82) is 0 Å². The number of fused-ring (bicyclic) bond motifs is 9. The number of furan rings is 1. The Hall–Kier alpha value is -6.26. The predicted molar refractivity (Wildman–Crippen MR) is 209 cm³/mol. The van der Waals surface area contributed by atoms with Crippen molar-refractivity contribution < 1.29 is 4.42 Å². The smallest absolute Gasteiger partial charge is 0.213 e. The van der Waals surface area contributed by atoms with Crippen molar-refractivity contribution in [2.75, 3.05) is 0 Å². The van der Waals surface area contributed by atoms with Crippen LogP contribution in [-0.2, 0) is 5.41 Å². The molecule has 0 radical (unpaired) electrons. The van der Waals surface area contributed by atoms with Gasteiger partial charge in [0.05, 0.1) is 27.8 Å². The van der Waals surface area contributed by atoms with Crippen molar-refractivity contribution >= 4 is 49.4 Å². The van der Waals surface area contributed by atoms with Crippen LogP contribution in [0.4, 0.5) is 0 Å². The molecule has 11 rings (SSSR count). The van der Waals surface area contributed by atoms with Crippen LogP contribution >= 0.6 is 0 Å². The van der Waals surface area contributed by atoms with Gasteiger partial charge in [0, 0.05) is 44.5 Å². The molecule has 242 valence electrons. The zero-order valence-electron chi connectivity index (χ0n) is 28.3. The number of aromatic nitrogens is 3. The first-order chi connectivity index (χ1) is 25.0. The average Bonchev–Trinajstić information content (AvgIpc) is 3.71. The predicted octanol–water partition coefficient (Wildman–Crippen LogP) is 11.8. The summed E-state index contributed by atoms with van der Waals surface area (Å²) in [4.78, 5) is 10.5. The fraction of sp³-hybridized carbons (Fsp3) is 0.106. The molecule has 4 heterocycles. The van der Waals surface area contributed by atoms with Gasteiger partial charge in [-0.1, -0.05) is 135 Å². The lowest BCUT2D eigenvalue weighted by Crippen LogP contribution is -2.26. The maximum Gasteiger partial charge on any atom is 0.213 e. The van der Waals surface area contributed by atoms with Gasteiger partial charge in [0.25, 0.3) is 0 Å². The minimum absolute atomic E-state index is 0.255. The molecule has 2 aliphatic carbocycles. The van der Waals surface area contributed by atoms with Gasteiger partial charge in [0.2, 0.25) is 5.71 Å². The molecule has 0 fully saturated rings. The van der Waals surface area contributed by atoms with Crippen molar-refractivity contribution in [3.8, 4) is 28.3 Å². The summed E-state index contributed by atoms with van der Waals surface area (Å²) in [6, 6.07) is 39.0. The van der Waals surface area contributed by atoms with Crippen molar-refractivity contribution in [3.05, 3.63) is 168 Å². The Bertz CT molecular complexity index is 2910. The highest BCUT2D eigenvalue weighted by atomic mass is 16.3. The molecule has 4 heteroatoms. The van der Waals surface area contributed by atoms with Crippen LogP contribution in [0.1, 0.15) is 30.5 Å². The highest BCUT2D eigenvalue weighted by molar-refractivity contribution is 6.21. The summed E-state index contributed by atoms with van der Waals surface area (Å²) in [5.74, 6) is 1.44. The van der Waals surface area contributed by atoms with Gasteiger partial charge in [0.15, 0.2) is 5.82 Å². The molecule has 8 aromatic rings. The number of benzene rings is 5. The highest BCUT2D eigenvalue weighted by Crippen LogP contribution is 2.50. The Labute approximate surface area is 295 Å². The van der Waals surface area contributed by atoms with Crippen LogP contribution in [-0.4, -0.2) is 14.5 Å². The van der Waals surface area contributed by atoms with E-state index in [9.17, 15) is 0 Å². The van der Waals surface area contributed by atoms with E-state index in [0.29, 0.717) is 11.8 Å². The first-order valence-electron chi connectivity index (χ1n) is 17.8. The van der Waals surface area contributed by atoms with E-state index < -0.39 is 0 Å². The number of hydrogen-bond acceptors (Lipinski definition) is 3. The summed E-state index contributed by atoms with van der Waals surface area (Å²) in [5.41, 5.74) is 12.9. The van der Waals surface area contributed by atoms with Gasteiger partial charge < -0.3 is 4.42 Å². The van der Waals surface area contributed by atoms with Crippen LogP contribution in [0, 0.1) is 11.8 Å². The van der Waals surface area contributed by atoms with Crippen LogP contribution in [0.25, 0.3) is 77.8 Å². The number of hydrogen-bond donors (Lipinski definition) is 0. The second-order valence-corrected chi connectivity index (χ2v) is 14.5. The summed E-state index contributed by atoms with van der Waals surface area (Å²) in [6.07, 6.45) is 15.6. The largest absolute Gasteiger partial charge is 0.439 e. The van der Waals surface area contributed by atoms with Crippen molar-refractivity contribution in [3.63, 3.8) is 0 Å². The lowest BCUT2D eigenvalue weighted by atomic mass is 9.74. The molecule has 2 atom stereocenters. The fourth-order valence-corrected chi connectivity index (χ4v) is 8.87. The molecule has 1 aliphatic heterocycles. The van der Waals surface area contributed by atoms with Crippen molar-refractivity contribution in [2.45, 2.75) is 19.3 Å². The van der Waals surface area contributed by atoms with E-state index in [1.807, 2.05) is 6.07 Å². The first kappa shape index (κ1) is 28.6. The molecule has 0 spiro atoms. The molecule has 3 aliphatic rings. The SMILES string of the molecule is CC1(C)c2cc(-c3nc(-c4cccc(C5=CC=CC6C=CC=CC56)c4)nc4ccccc34)ccc2-n2c3oc4ccccc4c3c3cccc1c32. The molecule has 0 saturated heterocycles. The minimum atomic E-state index is -0.255. The number of rotatable bonds is 3. The lowest BCUT2D eigenvalue weighted by Gasteiger charge is -2.34. The van der Waals surface area contributed by atoms with Gasteiger partial charge in [-0.3, -0.25) is 4.57 Å². The van der Waals surface area contributed by atoms with Crippen LogP contribution < -0.4 is 0 Å². The molecule has 4 nitrogen and oxygen atoms in total. The third-order valence-corrected chi connectivity index (χ3v) is 11.4. The standard InChI is InChI=1S/C47H33N3O/c1-47(2)37-21-11-20-36-42-35-18-6-8-23-41(35)51-46(42)50(44(36)37)40-25-24-30(27-38(40)47)43-34-17-5-7-22-39(34)48-45(49-43)31-15-9-14-29(26-31)33-19-10-13-28-12-3-4-16-32(28)33/h3-28,32H,1-2H3. The summed E-state index contributed by atoms with van der Waals surface area (Å²) >= 11 is 0. The fourth-order valence-electron chi connectivity index (χ4n) is 8.87. The summed E-state index contributed by atoms with van der Waals surface area (Å²) < 4.78 is 8.96. The quantitative estimate of drug-likeness (QED) is 0.190. The van der Waals surface area contributed by atoms with E-state index in [-0.39, 0.29) is 5.41 Å². The summed E-state index contributed by atoms with van der Waals surface area (Å²) in [7, 11) is 0. The topological polar surface area (TPSA) is 43.9 Å². The molecule has 0 bridgehead atoms. The monoisotopic (exact) mass is 655 g/mol. The van der Waals surface area contributed by atoms with Gasteiger partial charge in [-0.05, 0) is 52.6 Å². The molecule has 3 aromatic heterocycles. The van der Waals surface area contributed by atoms with Gasteiger partial charge in [0.1, 0.15) is 5.58 Å². The molecular weight excluding hydrogens is 623 g/mol. The van der Waals surface area contributed by atoms with Crippen LogP contribution in [0.2, 0.25) is 0 Å². The van der Waals surface area contributed by atoms with Crippen molar-refractivity contribution in [1.82, 2.24) is 14.5 Å². The summed E-state index contributed by atoms with van der Waals surface area (Å²) in [5, 5.41) is 4.60. The van der Waals surface area contributed by atoms with E-state index in [0.717, 1.165) is 55.9 Å². The second-order valence-electron chi connectivity index (χ2n) is 14.5. The molecule has 2 unspecified atom stereocenters. The Balaban J connectivity index is 1.09. The van der Waals surface area contributed by atoms with Gasteiger partial charge in [-0.25, -0.2) is 9.97 Å². The Morgan fingerprint density at radius 1 is 0.647 bits per heavy atom. The van der Waals surface area contributed by atoms with Gasteiger partial charge >= 0.3 is 0 Å². The van der Waals surface area contributed by atoms with Crippen LogP contribution in [0.15, 0.2) is 156 Å². The maximum absolute atomic E-state index is 6.62. The third kappa shape index (κ3) is 4.02. The molecule has 0 saturated carbocycles. The van der Waals surface area contributed by atoms with Crippen LogP contribution in [0.3, 0.4) is 0 Å². The van der Waals surface area contributed by atoms with E-state index in [1.165, 1.54) is 38.6 Å². The molecule has 5 aromatic carbocycles.